The van der Waals surface area contributed by atoms with E-state index < -0.39 is 0 Å². The minimum atomic E-state index is -0.372. The van der Waals surface area contributed by atoms with Crippen LogP contribution >= 0.6 is 0 Å². The van der Waals surface area contributed by atoms with Gasteiger partial charge in [0.2, 0.25) is 5.91 Å². The summed E-state index contributed by atoms with van der Waals surface area (Å²) in [6.45, 7) is 1.70. The van der Waals surface area contributed by atoms with Gasteiger partial charge >= 0.3 is 0 Å². The maximum absolute atomic E-state index is 10.6. The minimum absolute atomic E-state index is 0.352. The van der Waals surface area contributed by atoms with Gasteiger partial charge in [0.1, 0.15) is 6.04 Å². The number of primary amides is 1. The van der Waals surface area contributed by atoms with Crippen LogP contribution in [0, 0.1) is 0 Å². The zero-order valence-electron chi connectivity index (χ0n) is 5.69. The lowest BCUT2D eigenvalue weighted by Gasteiger charge is -2.05. The molecule has 0 aromatic carbocycles. The maximum Gasteiger partial charge on any atom is 0.241 e. The molecule has 0 radical (unpaired) electrons. The smallest absolute Gasteiger partial charge is 0.241 e. The standard InChI is InChI=1S/C6H9N3O/c1-5(6(7)10)9-4-2-3-8-9/h2-5H,1H3,(H2,7,10). The summed E-state index contributed by atoms with van der Waals surface area (Å²) >= 11 is 0. The molecule has 0 spiro atoms. The van der Waals surface area contributed by atoms with Crippen LogP contribution in [-0.4, -0.2) is 15.7 Å². The predicted molar refractivity (Wildman–Crippen MR) is 36.1 cm³/mol. The Morgan fingerprint density at radius 2 is 2.50 bits per heavy atom. The average Bonchev–Trinajstić information content (AvgIpc) is 2.36. The van der Waals surface area contributed by atoms with Gasteiger partial charge in [-0.1, -0.05) is 0 Å². The first-order chi connectivity index (χ1) is 4.72. The molecule has 1 atom stereocenters. The number of aromatic nitrogens is 2. The van der Waals surface area contributed by atoms with E-state index in [1.54, 1.807) is 25.4 Å². The molecular weight excluding hydrogens is 130 g/mol. The monoisotopic (exact) mass is 139 g/mol. The second kappa shape index (κ2) is 2.51. The van der Waals surface area contributed by atoms with Gasteiger partial charge in [0.05, 0.1) is 0 Å². The Bertz CT molecular complexity index is 217. The highest BCUT2D eigenvalue weighted by Gasteiger charge is 2.08. The number of hydrogen-bond donors (Lipinski definition) is 1. The molecule has 54 valence electrons. The molecule has 4 nitrogen and oxygen atoms in total. The van der Waals surface area contributed by atoms with E-state index in [2.05, 4.69) is 5.10 Å². The Labute approximate surface area is 58.6 Å². The molecule has 1 rings (SSSR count). The van der Waals surface area contributed by atoms with Crippen LogP contribution < -0.4 is 5.73 Å². The Balaban J connectivity index is 2.77. The summed E-state index contributed by atoms with van der Waals surface area (Å²) in [6.07, 6.45) is 3.31. The van der Waals surface area contributed by atoms with Crippen molar-refractivity contribution in [2.75, 3.05) is 0 Å². The summed E-state index contributed by atoms with van der Waals surface area (Å²) in [5.41, 5.74) is 5.03. The minimum Gasteiger partial charge on any atom is -0.368 e. The lowest BCUT2D eigenvalue weighted by atomic mass is 10.3. The van der Waals surface area contributed by atoms with Crippen LogP contribution in [0.3, 0.4) is 0 Å². The predicted octanol–water partition coefficient (Wildman–Crippen LogP) is -0.0706. The van der Waals surface area contributed by atoms with E-state index in [9.17, 15) is 4.79 Å². The molecule has 1 amide bonds. The molecule has 2 N–H and O–H groups in total. The van der Waals surface area contributed by atoms with Crippen molar-refractivity contribution < 1.29 is 4.79 Å². The van der Waals surface area contributed by atoms with Crippen LogP contribution in [0.1, 0.15) is 13.0 Å². The van der Waals surface area contributed by atoms with E-state index in [4.69, 9.17) is 5.73 Å². The largest absolute Gasteiger partial charge is 0.368 e. The number of rotatable bonds is 2. The highest BCUT2D eigenvalue weighted by molar-refractivity contribution is 5.77. The molecule has 10 heavy (non-hydrogen) atoms. The average molecular weight is 139 g/mol. The fourth-order valence-corrected chi connectivity index (χ4v) is 0.640. The molecule has 1 heterocycles. The van der Waals surface area contributed by atoms with Crippen LogP contribution in [0.4, 0.5) is 0 Å². The van der Waals surface area contributed by atoms with Crippen molar-refractivity contribution in [1.29, 1.82) is 0 Å². The van der Waals surface area contributed by atoms with Crippen LogP contribution in [-0.2, 0) is 4.79 Å². The highest BCUT2D eigenvalue weighted by atomic mass is 16.1. The lowest BCUT2D eigenvalue weighted by molar-refractivity contribution is -0.120. The van der Waals surface area contributed by atoms with E-state index >= 15 is 0 Å². The van der Waals surface area contributed by atoms with Crippen molar-refractivity contribution in [3.63, 3.8) is 0 Å². The molecule has 0 bridgehead atoms. The van der Waals surface area contributed by atoms with Gasteiger partial charge in [0.15, 0.2) is 0 Å². The second-order valence-electron chi connectivity index (χ2n) is 2.06. The third-order valence-corrected chi connectivity index (χ3v) is 1.33. The summed E-state index contributed by atoms with van der Waals surface area (Å²) in [4.78, 5) is 10.6. The number of nitrogens with zero attached hydrogens (tertiary/aromatic N) is 2. The van der Waals surface area contributed by atoms with E-state index in [-0.39, 0.29) is 11.9 Å². The molecule has 0 aliphatic heterocycles. The zero-order valence-corrected chi connectivity index (χ0v) is 5.69. The van der Waals surface area contributed by atoms with E-state index in [1.807, 2.05) is 0 Å². The van der Waals surface area contributed by atoms with Gasteiger partial charge in [0, 0.05) is 12.4 Å². The first kappa shape index (κ1) is 6.80. The topological polar surface area (TPSA) is 60.9 Å². The van der Waals surface area contributed by atoms with Crippen LogP contribution in [0.5, 0.6) is 0 Å². The fourth-order valence-electron chi connectivity index (χ4n) is 0.640. The maximum atomic E-state index is 10.6. The fraction of sp³-hybridized carbons (Fsp3) is 0.333. The molecule has 0 fully saturated rings. The molecule has 0 saturated carbocycles. The number of nitrogens with two attached hydrogens (primary N) is 1. The molecule has 1 aromatic heterocycles. The van der Waals surface area contributed by atoms with Crippen molar-refractivity contribution in [3.8, 4) is 0 Å². The first-order valence-electron chi connectivity index (χ1n) is 3.00. The number of carbonyl (C=O) groups excluding carboxylic acids is 1. The van der Waals surface area contributed by atoms with Gasteiger partial charge in [-0.2, -0.15) is 5.10 Å². The molecule has 0 saturated heterocycles. The summed E-state index contributed by atoms with van der Waals surface area (Å²) < 4.78 is 1.52. The quantitative estimate of drug-likeness (QED) is 0.623. The van der Waals surface area contributed by atoms with Crippen molar-refractivity contribution in [2.45, 2.75) is 13.0 Å². The van der Waals surface area contributed by atoms with E-state index in [0.717, 1.165) is 0 Å². The molecule has 0 aliphatic carbocycles. The molecule has 1 unspecified atom stereocenters. The van der Waals surface area contributed by atoms with Crippen LogP contribution in [0.15, 0.2) is 18.5 Å². The number of amides is 1. The van der Waals surface area contributed by atoms with Gasteiger partial charge < -0.3 is 5.73 Å². The SMILES string of the molecule is CC(C(N)=O)n1cccn1. The first-order valence-corrected chi connectivity index (χ1v) is 3.00. The molecule has 1 aromatic rings. The van der Waals surface area contributed by atoms with Crippen molar-refractivity contribution in [1.82, 2.24) is 9.78 Å². The number of carbonyl (C=O) groups is 1. The third kappa shape index (κ3) is 1.15. The molecular formula is C6H9N3O. The van der Waals surface area contributed by atoms with Gasteiger partial charge in [0.25, 0.3) is 0 Å². The third-order valence-electron chi connectivity index (χ3n) is 1.33. The summed E-state index contributed by atoms with van der Waals surface area (Å²) in [5.74, 6) is -0.372. The Kier molecular flexibility index (Phi) is 1.71. The summed E-state index contributed by atoms with van der Waals surface area (Å²) in [7, 11) is 0. The van der Waals surface area contributed by atoms with Crippen LogP contribution in [0.25, 0.3) is 0 Å². The van der Waals surface area contributed by atoms with E-state index in [1.165, 1.54) is 4.68 Å². The van der Waals surface area contributed by atoms with Crippen molar-refractivity contribution >= 4 is 5.91 Å². The Morgan fingerprint density at radius 3 is 2.90 bits per heavy atom. The Hall–Kier alpha value is -1.32. The highest BCUT2D eigenvalue weighted by Crippen LogP contribution is 1.99. The van der Waals surface area contributed by atoms with Gasteiger partial charge in [-0.05, 0) is 13.0 Å². The normalized spacial score (nSPS) is 12.9. The van der Waals surface area contributed by atoms with Gasteiger partial charge in [-0.25, -0.2) is 0 Å². The van der Waals surface area contributed by atoms with Gasteiger partial charge in [-0.3, -0.25) is 9.48 Å². The van der Waals surface area contributed by atoms with Gasteiger partial charge in [-0.15, -0.1) is 0 Å². The second-order valence-corrected chi connectivity index (χ2v) is 2.06. The van der Waals surface area contributed by atoms with E-state index in [0.29, 0.717) is 0 Å². The molecule has 0 aliphatic rings. The Morgan fingerprint density at radius 1 is 1.80 bits per heavy atom. The summed E-state index contributed by atoms with van der Waals surface area (Å²) in [6, 6.07) is 1.40. The lowest BCUT2D eigenvalue weighted by Crippen LogP contribution is -2.24. The number of hydrogen-bond acceptors (Lipinski definition) is 2. The van der Waals surface area contributed by atoms with Crippen molar-refractivity contribution in [3.05, 3.63) is 18.5 Å². The van der Waals surface area contributed by atoms with Crippen molar-refractivity contribution in [2.24, 2.45) is 5.73 Å². The molecule has 4 heteroatoms. The van der Waals surface area contributed by atoms with Crippen LogP contribution in [0.2, 0.25) is 0 Å². The zero-order chi connectivity index (χ0) is 7.56. The summed E-state index contributed by atoms with van der Waals surface area (Å²) in [5, 5.41) is 3.85.